The van der Waals surface area contributed by atoms with Crippen molar-refractivity contribution in [3.05, 3.63) is 23.8 Å². The van der Waals surface area contributed by atoms with E-state index in [1.54, 1.807) is 31.0 Å². The zero-order valence-corrected chi connectivity index (χ0v) is 21.2. The van der Waals surface area contributed by atoms with Gasteiger partial charge in [-0.05, 0) is 44.9 Å². The number of amides is 3. The molecule has 1 aliphatic rings. The highest BCUT2D eigenvalue weighted by Crippen LogP contribution is 2.27. The van der Waals surface area contributed by atoms with Crippen molar-refractivity contribution in [3.8, 4) is 5.75 Å². The number of hydrogen-bond acceptors (Lipinski definition) is 5. The standard InChI is InChI=1S/C24H37F3N4O4/c1-15(2)28-23(33)29-18-7-8-20-19(11-18)22(32)30(5)13-21(34-6)16(3)12-31(17(4)14-35-20)10-9-24(25,26)27/h7-8,11,15-17,21H,9-10,12-14H2,1-6H3,(H2,28,29,33)/t16-,17-,21+/m1/s1. The first-order valence-corrected chi connectivity index (χ1v) is 11.7. The highest BCUT2D eigenvalue weighted by molar-refractivity contribution is 5.99. The van der Waals surface area contributed by atoms with Gasteiger partial charge in [-0.1, -0.05) is 6.92 Å². The maximum atomic E-state index is 13.3. The van der Waals surface area contributed by atoms with Crippen LogP contribution in [0.15, 0.2) is 18.2 Å². The van der Waals surface area contributed by atoms with E-state index in [1.165, 1.54) is 18.1 Å². The lowest BCUT2D eigenvalue weighted by molar-refractivity contribution is -0.140. The minimum atomic E-state index is -4.27. The quantitative estimate of drug-likeness (QED) is 0.637. The largest absolute Gasteiger partial charge is 0.491 e. The van der Waals surface area contributed by atoms with Gasteiger partial charge in [0.1, 0.15) is 12.4 Å². The van der Waals surface area contributed by atoms with E-state index >= 15 is 0 Å². The van der Waals surface area contributed by atoms with Gasteiger partial charge in [0.15, 0.2) is 0 Å². The van der Waals surface area contributed by atoms with Crippen molar-refractivity contribution < 1.29 is 32.2 Å². The average Bonchev–Trinajstić information content (AvgIpc) is 2.76. The van der Waals surface area contributed by atoms with Crippen LogP contribution in [-0.2, 0) is 4.74 Å². The maximum absolute atomic E-state index is 13.3. The summed E-state index contributed by atoms with van der Waals surface area (Å²) in [6.07, 6.45) is -5.57. The molecule has 8 nitrogen and oxygen atoms in total. The number of anilines is 1. The molecule has 0 spiro atoms. The smallest absolute Gasteiger partial charge is 0.390 e. The van der Waals surface area contributed by atoms with Crippen LogP contribution in [-0.4, -0.2) is 86.5 Å². The molecule has 0 fully saturated rings. The average molecular weight is 503 g/mol. The Morgan fingerprint density at radius 3 is 2.54 bits per heavy atom. The third-order valence-electron chi connectivity index (χ3n) is 5.93. The maximum Gasteiger partial charge on any atom is 0.390 e. The predicted octanol–water partition coefficient (Wildman–Crippen LogP) is 3.97. The molecule has 1 aromatic carbocycles. The number of nitrogens with one attached hydrogen (secondary N) is 2. The van der Waals surface area contributed by atoms with Crippen molar-refractivity contribution in [2.45, 2.75) is 58.5 Å². The lowest BCUT2D eigenvalue weighted by Crippen LogP contribution is -2.47. The Hall–Kier alpha value is -2.53. The summed E-state index contributed by atoms with van der Waals surface area (Å²) in [6.45, 7) is 7.89. The number of halogens is 3. The molecule has 2 N–H and O–H groups in total. The van der Waals surface area contributed by atoms with Gasteiger partial charge in [-0.3, -0.25) is 9.69 Å². The molecule has 1 aromatic rings. The van der Waals surface area contributed by atoms with Gasteiger partial charge in [0.2, 0.25) is 0 Å². The summed E-state index contributed by atoms with van der Waals surface area (Å²) in [5.74, 6) is -0.163. The predicted molar refractivity (Wildman–Crippen MR) is 128 cm³/mol. The number of hydrogen-bond donors (Lipinski definition) is 2. The monoisotopic (exact) mass is 502 g/mol. The van der Waals surface area contributed by atoms with Crippen LogP contribution in [0.3, 0.4) is 0 Å². The number of likely N-dealkylation sites (N-methyl/N-ethyl adjacent to an activating group) is 1. The number of fused-ring (bicyclic) bond motifs is 1. The Morgan fingerprint density at radius 2 is 1.94 bits per heavy atom. The van der Waals surface area contributed by atoms with Crippen molar-refractivity contribution in [2.75, 3.05) is 45.7 Å². The highest BCUT2D eigenvalue weighted by Gasteiger charge is 2.32. The number of rotatable bonds is 5. The van der Waals surface area contributed by atoms with E-state index in [-0.39, 0.29) is 55.3 Å². The van der Waals surface area contributed by atoms with Crippen molar-refractivity contribution in [1.82, 2.24) is 15.1 Å². The minimum absolute atomic E-state index is 0.0647. The second-order valence-corrected chi connectivity index (χ2v) is 9.42. The zero-order chi connectivity index (χ0) is 26.3. The second-order valence-electron chi connectivity index (χ2n) is 9.42. The van der Waals surface area contributed by atoms with Crippen LogP contribution < -0.4 is 15.4 Å². The number of alkyl halides is 3. The summed E-state index contributed by atoms with van der Waals surface area (Å²) in [5, 5.41) is 5.42. The van der Waals surface area contributed by atoms with Crippen molar-refractivity contribution >= 4 is 17.6 Å². The van der Waals surface area contributed by atoms with Crippen molar-refractivity contribution in [3.63, 3.8) is 0 Å². The fourth-order valence-corrected chi connectivity index (χ4v) is 3.94. The van der Waals surface area contributed by atoms with Crippen LogP contribution in [0.25, 0.3) is 0 Å². The third kappa shape index (κ3) is 8.88. The summed E-state index contributed by atoms with van der Waals surface area (Å²) in [6, 6.07) is 3.93. The highest BCUT2D eigenvalue weighted by atomic mass is 19.4. The van der Waals surface area contributed by atoms with E-state index in [0.717, 1.165) is 0 Å². The van der Waals surface area contributed by atoms with E-state index in [1.807, 2.05) is 20.8 Å². The van der Waals surface area contributed by atoms with Gasteiger partial charge < -0.3 is 25.0 Å². The molecule has 1 aliphatic heterocycles. The first-order valence-electron chi connectivity index (χ1n) is 11.7. The first-order chi connectivity index (χ1) is 16.3. The summed E-state index contributed by atoms with van der Waals surface area (Å²) in [5.41, 5.74) is 0.655. The first kappa shape index (κ1) is 28.7. The van der Waals surface area contributed by atoms with E-state index in [0.29, 0.717) is 18.0 Å². The van der Waals surface area contributed by atoms with Crippen LogP contribution in [0.4, 0.5) is 23.7 Å². The van der Waals surface area contributed by atoms with Gasteiger partial charge in [-0.2, -0.15) is 13.2 Å². The number of methoxy groups -OCH3 is 1. The Balaban J connectivity index is 2.37. The lowest BCUT2D eigenvalue weighted by atomic mass is 10.0. The normalized spacial score (nSPS) is 22.6. The van der Waals surface area contributed by atoms with E-state index in [2.05, 4.69) is 10.6 Å². The number of nitrogens with zero attached hydrogens (tertiary/aromatic N) is 2. The van der Waals surface area contributed by atoms with Gasteiger partial charge in [0.05, 0.1) is 18.1 Å². The molecule has 0 bridgehead atoms. The molecule has 0 saturated heterocycles. The summed E-state index contributed by atoms with van der Waals surface area (Å²) >= 11 is 0. The van der Waals surface area contributed by atoms with Gasteiger partial charge in [0.25, 0.3) is 5.91 Å². The number of ether oxygens (including phenoxy) is 2. The molecular weight excluding hydrogens is 465 g/mol. The number of carbonyl (C=O) groups is 2. The molecule has 11 heteroatoms. The SMILES string of the molecule is CO[C@H]1CN(C)C(=O)c2cc(NC(=O)NC(C)C)ccc2OC[C@@H](C)N(CCC(F)(F)F)C[C@H]1C. The molecular formula is C24H37F3N4O4. The topological polar surface area (TPSA) is 83.1 Å². The molecule has 3 atom stereocenters. The molecule has 0 saturated carbocycles. The number of urea groups is 1. The van der Waals surface area contributed by atoms with Gasteiger partial charge in [-0.25, -0.2) is 4.79 Å². The number of benzene rings is 1. The third-order valence-corrected chi connectivity index (χ3v) is 5.93. The van der Waals surface area contributed by atoms with E-state index in [4.69, 9.17) is 9.47 Å². The molecule has 0 aromatic heterocycles. The zero-order valence-electron chi connectivity index (χ0n) is 21.2. The van der Waals surface area contributed by atoms with Crippen LogP contribution >= 0.6 is 0 Å². The fraction of sp³-hybridized carbons (Fsp3) is 0.667. The molecule has 198 valence electrons. The van der Waals surface area contributed by atoms with Crippen molar-refractivity contribution in [2.24, 2.45) is 5.92 Å². The van der Waals surface area contributed by atoms with Crippen LogP contribution in [0.2, 0.25) is 0 Å². The van der Waals surface area contributed by atoms with E-state index in [9.17, 15) is 22.8 Å². The lowest BCUT2D eigenvalue weighted by Gasteiger charge is -2.36. The molecule has 0 radical (unpaired) electrons. The molecule has 35 heavy (non-hydrogen) atoms. The summed E-state index contributed by atoms with van der Waals surface area (Å²) in [4.78, 5) is 28.7. The van der Waals surface area contributed by atoms with Crippen molar-refractivity contribution in [1.29, 1.82) is 0 Å². The van der Waals surface area contributed by atoms with Gasteiger partial charge >= 0.3 is 12.2 Å². The summed E-state index contributed by atoms with van der Waals surface area (Å²) < 4.78 is 50.4. The van der Waals surface area contributed by atoms with Crippen LogP contribution in [0.5, 0.6) is 5.75 Å². The van der Waals surface area contributed by atoms with E-state index < -0.39 is 18.6 Å². The fourth-order valence-electron chi connectivity index (χ4n) is 3.94. The van der Waals surface area contributed by atoms with Crippen LogP contribution in [0.1, 0.15) is 44.5 Å². The van der Waals surface area contributed by atoms with Gasteiger partial charge in [0, 0.05) is 51.6 Å². The Bertz CT molecular complexity index is 866. The summed E-state index contributed by atoms with van der Waals surface area (Å²) in [7, 11) is 3.16. The second kappa shape index (κ2) is 12.4. The minimum Gasteiger partial charge on any atom is -0.491 e. The number of carbonyl (C=O) groups excluding carboxylic acids is 2. The Labute approximate surface area is 205 Å². The molecule has 3 amide bonds. The molecule has 0 unspecified atom stereocenters. The molecule has 1 heterocycles. The molecule has 2 rings (SSSR count). The van der Waals surface area contributed by atoms with Gasteiger partial charge in [-0.15, -0.1) is 0 Å². The molecule has 0 aliphatic carbocycles. The Kier molecular flexibility index (Phi) is 10.2. The Morgan fingerprint density at radius 1 is 1.26 bits per heavy atom. The van der Waals surface area contributed by atoms with Crippen LogP contribution in [0, 0.1) is 5.92 Å².